The first-order valence-electron chi connectivity index (χ1n) is 7.85. The molecular weight excluding hydrogens is 370 g/mol. The van der Waals surface area contributed by atoms with E-state index in [1.54, 1.807) is 0 Å². The van der Waals surface area contributed by atoms with Gasteiger partial charge in [0.25, 0.3) is 15.8 Å². The van der Waals surface area contributed by atoms with Gasteiger partial charge in [-0.3, -0.25) is 14.7 Å². The van der Waals surface area contributed by atoms with E-state index in [1.807, 2.05) is 43.3 Å². The Balaban J connectivity index is 2.20. The van der Waals surface area contributed by atoms with Crippen LogP contribution in [0.15, 0.2) is 63.7 Å². The summed E-state index contributed by atoms with van der Waals surface area (Å²) < 4.78 is 32.4. The molecule has 0 spiro atoms. The summed E-state index contributed by atoms with van der Waals surface area (Å²) in [7, 11) is -4.64. The molecule has 0 unspecified atom stereocenters. The molecule has 9 heteroatoms. The zero-order chi connectivity index (χ0) is 19.8. The van der Waals surface area contributed by atoms with Crippen LogP contribution in [-0.4, -0.2) is 17.9 Å². The molecule has 3 aromatic carbocycles. The Kier molecular flexibility index (Phi) is 4.73. The van der Waals surface area contributed by atoms with Gasteiger partial charge in [-0.05, 0) is 30.4 Å². The van der Waals surface area contributed by atoms with Gasteiger partial charge >= 0.3 is 0 Å². The molecule has 3 aromatic rings. The van der Waals surface area contributed by atoms with Crippen LogP contribution in [0.1, 0.15) is 11.1 Å². The van der Waals surface area contributed by atoms with Crippen LogP contribution >= 0.6 is 0 Å². The molecule has 0 aliphatic heterocycles. The number of aryl methyl sites for hydroxylation is 1. The summed E-state index contributed by atoms with van der Waals surface area (Å²) in [5.41, 5.74) is 0.980. The van der Waals surface area contributed by atoms with E-state index in [1.165, 1.54) is 6.92 Å². The molecular formula is C18H15N3O5S. The molecule has 1 N–H and O–H groups in total. The zero-order valence-corrected chi connectivity index (χ0v) is 15.3. The van der Waals surface area contributed by atoms with Crippen LogP contribution in [0, 0.1) is 24.0 Å². The fourth-order valence-corrected chi connectivity index (χ4v) is 3.50. The SMILES string of the molecule is Cc1ccc2ccccc2c1N=Nc1cc([N+](=O)[O-])cc(S(=O)(=O)O)c1C. The molecule has 0 amide bonds. The van der Waals surface area contributed by atoms with Crippen LogP contribution in [-0.2, 0) is 10.1 Å². The number of rotatable bonds is 4. The van der Waals surface area contributed by atoms with Gasteiger partial charge in [0.05, 0.1) is 16.3 Å². The van der Waals surface area contributed by atoms with Crippen molar-refractivity contribution in [3.05, 3.63) is 69.8 Å². The number of hydrogen-bond donors (Lipinski definition) is 1. The largest absolute Gasteiger partial charge is 0.295 e. The zero-order valence-electron chi connectivity index (χ0n) is 14.4. The minimum absolute atomic E-state index is 0.0100. The van der Waals surface area contributed by atoms with Gasteiger partial charge in [0.1, 0.15) is 4.90 Å². The molecule has 8 nitrogen and oxygen atoms in total. The molecule has 0 atom stereocenters. The van der Waals surface area contributed by atoms with Gasteiger partial charge in [-0.15, -0.1) is 10.2 Å². The summed E-state index contributed by atoms with van der Waals surface area (Å²) in [6, 6.07) is 13.3. The number of hydrogen-bond acceptors (Lipinski definition) is 6. The molecule has 0 fully saturated rings. The van der Waals surface area contributed by atoms with Crippen molar-refractivity contribution in [1.29, 1.82) is 0 Å². The second-order valence-electron chi connectivity index (χ2n) is 5.97. The molecule has 0 bridgehead atoms. The van der Waals surface area contributed by atoms with E-state index in [9.17, 15) is 23.1 Å². The number of nitro groups is 1. The van der Waals surface area contributed by atoms with E-state index in [-0.39, 0.29) is 11.3 Å². The fourth-order valence-electron chi connectivity index (χ4n) is 2.74. The highest BCUT2D eigenvalue weighted by molar-refractivity contribution is 7.85. The number of nitro benzene ring substituents is 1. The third kappa shape index (κ3) is 3.69. The van der Waals surface area contributed by atoms with E-state index in [4.69, 9.17) is 0 Å². The Morgan fingerprint density at radius 3 is 2.41 bits per heavy atom. The molecule has 0 aromatic heterocycles. The molecule has 0 saturated heterocycles. The average molecular weight is 385 g/mol. The number of azo groups is 1. The first kappa shape index (κ1) is 18.6. The Labute approximate surface area is 155 Å². The molecule has 0 radical (unpaired) electrons. The smallest absolute Gasteiger partial charge is 0.282 e. The second kappa shape index (κ2) is 6.86. The van der Waals surface area contributed by atoms with Gasteiger partial charge in [0, 0.05) is 17.5 Å². The van der Waals surface area contributed by atoms with E-state index in [0.29, 0.717) is 5.69 Å². The highest BCUT2D eigenvalue weighted by Crippen LogP contribution is 2.35. The third-order valence-electron chi connectivity index (χ3n) is 4.17. The van der Waals surface area contributed by atoms with Crippen molar-refractivity contribution in [1.82, 2.24) is 0 Å². The van der Waals surface area contributed by atoms with Crippen LogP contribution in [0.4, 0.5) is 17.1 Å². The van der Waals surface area contributed by atoms with Gasteiger partial charge in [-0.1, -0.05) is 36.4 Å². The lowest BCUT2D eigenvalue weighted by Crippen LogP contribution is -2.02. The van der Waals surface area contributed by atoms with Crippen molar-refractivity contribution in [3.63, 3.8) is 0 Å². The lowest BCUT2D eigenvalue weighted by molar-refractivity contribution is -0.385. The predicted molar refractivity (Wildman–Crippen MR) is 101 cm³/mol. The Hall–Kier alpha value is -3.17. The van der Waals surface area contributed by atoms with Gasteiger partial charge in [-0.25, -0.2) is 0 Å². The third-order valence-corrected chi connectivity index (χ3v) is 5.15. The summed E-state index contributed by atoms with van der Waals surface area (Å²) >= 11 is 0. The van der Waals surface area contributed by atoms with Gasteiger partial charge in [0.2, 0.25) is 0 Å². The van der Waals surface area contributed by atoms with Crippen molar-refractivity contribution >= 4 is 38.0 Å². The number of benzene rings is 3. The minimum Gasteiger partial charge on any atom is -0.282 e. The summed E-state index contributed by atoms with van der Waals surface area (Å²) in [5, 5.41) is 21.2. The molecule has 3 rings (SSSR count). The first-order chi connectivity index (χ1) is 12.7. The molecule has 0 aliphatic rings. The molecule has 0 saturated carbocycles. The van der Waals surface area contributed by atoms with Crippen LogP contribution in [0.25, 0.3) is 10.8 Å². The van der Waals surface area contributed by atoms with Gasteiger partial charge in [0.15, 0.2) is 0 Å². The number of non-ortho nitro benzene ring substituents is 1. The number of fused-ring (bicyclic) bond motifs is 1. The summed E-state index contributed by atoms with van der Waals surface area (Å²) in [5.74, 6) is 0. The lowest BCUT2D eigenvalue weighted by atomic mass is 10.1. The Morgan fingerprint density at radius 2 is 1.74 bits per heavy atom. The average Bonchev–Trinajstić information content (AvgIpc) is 2.60. The van der Waals surface area contributed by atoms with E-state index in [2.05, 4.69) is 10.2 Å². The topological polar surface area (TPSA) is 122 Å². The maximum Gasteiger partial charge on any atom is 0.295 e. The van der Waals surface area contributed by atoms with E-state index in [0.717, 1.165) is 28.5 Å². The predicted octanol–water partition coefficient (Wildman–Crippen LogP) is 5.03. The standard InChI is InChI=1S/C18H15N3O5S/c1-11-7-8-13-5-3-4-6-15(13)18(11)20-19-16-9-14(21(22)23)10-17(12(16)2)27(24,25)26/h3-10H,1-2H3,(H,24,25,26). The van der Waals surface area contributed by atoms with Crippen LogP contribution in [0.3, 0.4) is 0 Å². The van der Waals surface area contributed by atoms with Crippen LogP contribution in [0.5, 0.6) is 0 Å². The quantitative estimate of drug-likeness (QED) is 0.292. The normalized spacial score (nSPS) is 12.0. The fraction of sp³-hybridized carbons (Fsp3) is 0.111. The molecule has 0 heterocycles. The second-order valence-corrected chi connectivity index (χ2v) is 7.36. The lowest BCUT2D eigenvalue weighted by Gasteiger charge is -2.07. The monoisotopic (exact) mass is 385 g/mol. The summed E-state index contributed by atoms with van der Waals surface area (Å²) in [6.07, 6.45) is 0. The summed E-state index contributed by atoms with van der Waals surface area (Å²) in [4.78, 5) is 9.78. The van der Waals surface area contributed by atoms with Crippen molar-refractivity contribution in [2.75, 3.05) is 0 Å². The van der Waals surface area contributed by atoms with Crippen molar-refractivity contribution in [2.24, 2.45) is 10.2 Å². The first-order valence-corrected chi connectivity index (χ1v) is 9.29. The van der Waals surface area contributed by atoms with E-state index < -0.39 is 25.6 Å². The van der Waals surface area contributed by atoms with Crippen molar-refractivity contribution < 1.29 is 17.9 Å². The molecule has 27 heavy (non-hydrogen) atoms. The maximum atomic E-state index is 11.5. The van der Waals surface area contributed by atoms with E-state index >= 15 is 0 Å². The van der Waals surface area contributed by atoms with Crippen LogP contribution in [0.2, 0.25) is 0 Å². The Bertz CT molecular complexity index is 1200. The summed E-state index contributed by atoms with van der Waals surface area (Å²) in [6.45, 7) is 3.25. The number of nitrogens with zero attached hydrogens (tertiary/aromatic N) is 3. The van der Waals surface area contributed by atoms with Crippen molar-refractivity contribution in [3.8, 4) is 0 Å². The van der Waals surface area contributed by atoms with Gasteiger partial charge in [-0.2, -0.15) is 8.42 Å². The molecule has 138 valence electrons. The van der Waals surface area contributed by atoms with Crippen LogP contribution < -0.4 is 0 Å². The highest BCUT2D eigenvalue weighted by Gasteiger charge is 2.22. The van der Waals surface area contributed by atoms with Crippen molar-refractivity contribution in [2.45, 2.75) is 18.7 Å². The maximum absolute atomic E-state index is 11.5. The highest BCUT2D eigenvalue weighted by atomic mass is 32.2. The Morgan fingerprint density at radius 1 is 1.04 bits per heavy atom. The molecule has 0 aliphatic carbocycles. The minimum atomic E-state index is -4.64. The van der Waals surface area contributed by atoms with Gasteiger partial charge < -0.3 is 0 Å².